The fourth-order valence-electron chi connectivity index (χ4n) is 7.33. The van der Waals surface area contributed by atoms with Crippen molar-refractivity contribution in [1.29, 1.82) is 0 Å². The van der Waals surface area contributed by atoms with Crippen LogP contribution in [0.4, 0.5) is 16.6 Å². The Bertz CT molecular complexity index is 1430. The molecule has 47 heavy (non-hydrogen) atoms. The van der Waals surface area contributed by atoms with Crippen LogP contribution in [0.5, 0.6) is 5.75 Å². The van der Waals surface area contributed by atoms with E-state index in [9.17, 15) is 14.7 Å². The molecule has 3 N–H and O–H groups in total. The number of methoxy groups -OCH3 is 1. The number of benzene rings is 1. The summed E-state index contributed by atoms with van der Waals surface area (Å²) in [7, 11) is 1.56. The van der Waals surface area contributed by atoms with E-state index in [-0.39, 0.29) is 25.6 Å². The predicted octanol–water partition coefficient (Wildman–Crippen LogP) is 4.65. The molecule has 256 valence electrons. The molecule has 2 aliphatic carbocycles. The molecule has 3 fully saturated rings. The lowest BCUT2D eigenvalue weighted by Gasteiger charge is -2.54. The van der Waals surface area contributed by atoms with E-state index in [4.69, 9.17) is 19.2 Å². The molecule has 1 saturated heterocycles. The summed E-state index contributed by atoms with van der Waals surface area (Å²) < 4.78 is 16.4. The van der Waals surface area contributed by atoms with Crippen molar-refractivity contribution in [3.8, 4) is 5.75 Å². The van der Waals surface area contributed by atoms with Crippen LogP contribution in [0.15, 0.2) is 24.3 Å². The summed E-state index contributed by atoms with van der Waals surface area (Å²) in [5, 5.41) is 17.9. The molecule has 12 nitrogen and oxygen atoms in total. The Morgan fingerprint density at radius 1 is 1.06 bits per heavy atom. The zero-order chi connectivity index (χ0) is 33.2. The molecule has 0 bridgehead atoms. The fraction of sp³-hybridized carbons (Fsp3) is 0.657. The van der Waals surface area contributed by atoms with Crippen molar-refractivity contribution in [2.75, 3.05) is 43.8 Å². The smallest absolute Gasteiger partial charge is 0.410 e. The number of aliphatic hydroxyl groups is 1. The van der Waals surface area contributed by atoms with E-state index < -0.39 is 29.7 Å². The molecule has 1 aromatic heterocycles. The summed E-state index contributed by atoms with van der Waals surface area (Å²) in [6.07, 6.45) is 8.35. The van der Waals surface area contributed by atoms with Gasteiger partial charge in [0.25, 0.3) is 5.91 Å². The van der Waals surface area contributed by atoms with Gasteiger partial charge in [-0.15, -0.1) is 0 Å². The Morgan fingerprint density at radius 3 is 2.51 bits per heavy atom. The van der Waals surface area contributed by atoms with Crippen molar-refractivity contribution in [3.63, 3.8) is 0 Å². The van der Waals surface area contributed by atoms with E-state index >= 15 is 0 Å². The SMILES string of the molecule is COCOc1ccc2c(c1)CN(C(=O)OC(C)(C)C)[C@H]([C@H](O)CNC(=O)c1cc(NC3CC4(CCC4)C3)nc(N3CCCCC3)n1)C2. The summed E-state index contributed by atoms with van der Waals surface area (Å²) in [4.78, 5) is 40.2. The van der Waals surface area contributed by atoms with Gasteiger partial charge in [0.05, 0.1) is 12.1 Å². The second-order valence-electron chi connectivity index (χ2n) is 14.7. The summed E-state index contributed by atoms with van der Waals surface area (Å²) >= 11 is 0. The number of nitrogens with zero attached hydrogens (tertiary/aromatic N) is 4. The first-order chi connectivity index (χ1) is 22.5. The zero-order valence-electron chi connectivity index (χ0n) is 28.2. The third-order valence-electron chi connectivity index (χ3n) is 9.95. The summed E-state index contributed by atoms with van der Waals surface area (Å²) in [5.74, 6) is 1.46. The molecular weight excluding hydrogens is 600 g/mol. The fourth-order valence-corrected chi connectivity index (χ4v) is 7.33. The molecule has 4 aliphatic rings. The van der Waals surface area contributed by atoms with Gasteiger partial charge in [-0.3, -0.25) is 9.69 Å². The molecule has 0 radical (unpaired) electrons. The Kier molecular flexibility index (Phi) is 9.80. The number of piperidine rings is 1. The third kappa shape index (κ3) is 7.92. The lowest BCUT2D eigenvalue weighted by atomic mass is 9.54. The lowest BCUT2D eigenvalue weighted by molar-refractivity contribution is -0.0114. The number of carbonyl (C=O) groups is 2. The van der Waals surface area contributed by atoms with Crippen LogP contribution in [-0.2, 0) is 22.4 Å². The van der Waals surface area contributed by atoms with Gasteiger partial charge in [-0.05, 0) is 101 Å². The number of fused-ring (bicyclic) bond motifs is 1. The minimum atomic E-state index is -1.06. The largest absolute Gasteiger partial charge is 0.468 e. The van der Waals surface area contributed by atoms with Crippen molar-refractivity contribution in [1.82, 2.24) is 20.2 Å². The van der Waals surface area contributed by atoms with Crippen LogP contribution >= 0.6 is 0 Å². The summed E-state index contributed by atoms with van der Waals surface area (Å²) in [6, 6.07) is 7.13. The number of ether oxygens (including phenoxy) is 3. The molecule has 2 aliphatic heterocycles. The van der Waals surface area contributed by atoms with Gasteiger partial charge < -0.3 is 34.9 Å². The molecule has 2 saturated carbocycles. The topological polar surface area (TPSA) is 138 Å². The maximum absolute atomic E-state index is 13.6. The highest BCUT2D eigenvalue weighted by atomic mass is 16.7. The Labute approximate surface area is 277 Å². The van der Waals surface area contributed by atoms with E-state index in [1.165, 1.54) is 25.7 Å². The molecule has 2 atom stereocenters. The summed E-state index contributed by atoms with van der Waals surface area (Å²) in [5.41, 5.74) is 1.95. The molecule has 12 heteroatoms. The summed E-state index contributed by atoms with van der Waals surface area (Å²) in [6.45, 7) is 7.43. The average Bonchev–Trinajstić information content (AvgIpc) is 3.01. The van der Waals surface area contributed by atoms with Crippen LogP contribution in [0, 0.1) is 5.41 Å². The zero-order valence-corrected chi connectivity index (χ0v) is 28.2. The number of aromatic nitrogens is 2. The van der Waals surface area contributed by atoms with Gasteiger partial charge in [-0.1, -0.05) is 12.5 Å². The quantitative estimate of drug-likeness (QED) is 0.312. The van der Waals surface area contributed by atoms with Crippen molar-refractivity contribution in [2.45, 2.75) is 109 Å². The van der Waals surface area contributed by atoms with Gasteiger partial charge in [-0.25, -0.2) is 9.78 Å². The molecule has 1 aromatic carbocycles. The van der Waals surface area contributed by atoms with Crippen LogP contribution in [-0.4, -0.2) is 89.3 Å². The average molecular weight is 651 g/mol. The van der Waals surface area contributed by atoms with Crippen LogP contribution in [0.1, 0.15) is 93.8 Å². The minimum absolute atomic E-state index is 0.0654. The molecule has 1 spiro atoms. The van der Waals surface area contributed by atoms with Crippen LogP contribution in [0.25, 0.3) is 0 Å². The maximum Gasteiger partial charge on any atom is 0.410 e. The molecular formula is C35H50N6O6. The second kappa shape index (κ2) is 13.8. The number of nitrogens with one attached hydrogen (secondary N) is 2. The van der Waals surface area contributed by atoms with Gasteiger partial charge in [0.1, 0.15) is 22.9 Å². The van der Waals surface area contributed by atoms with Crippen molar-refractivity contribution in [3.05, 3.63) is 41.1 Å². The highest BCUT2D eigenvalue weighted by Crippen LogP contribution is 2.56. The molecule has 0 unspecified atom stereocenters. The number of hydrogen-bond acceptors (Lipinski definition) is 10. The first-order valence-corrected chi connectivity index (χ1v) is 17.1. The van der Waals surface area contributed by atoms with Gasteiger partial charge in [-0.2, -0.15) is 4.98 Å². The number of hydrogen-bond donors (Lipinski definition) is 3. The Hall–Kier alpha value is -3.64. The number of anilines is 2. The van der Waals surface area contributed by atoms with E-state index in [1.807, 2.05) is 39.0 Å². The van der Waals surface area contributed by atoms with Crippen molar-refractivity contribution >= 4 is 23.8 Å². The van der Waals surface area contributed by atoms with Crippen LogP contribution < -0.4 is 20.3 Å². The normalized spacial score (nSPS) is 21.3. The minimum Gasteiger partial charge on any atom is -0.468 e. The molecule has 2 amide bonds. The van der Waals surface area contributed by atoms with Gasteiger partial charge in [0, 0.05) is 45.4 Å². The maximum atomic E-state index is 13.6. The number of rotatable bonds is 10. The highest BCUT2D eigenvalue weighted by Gasteiger charge is 2.48. The van der Waals surface area contributed by atoms with Gasteiger partial charge in [0.2, 0.25) is 5.95 Å². The Morgan fingerprint density at radius 2 is 1.83 bits per heavy atom. The molecule has 2 aromatic rings. The van der Waals surface area contributed by atoms with Crippen LogP contribution in [0.3, 0.4) is 0 Å². The van der Waals surface area contributed by atoms with Crippen LogP contribution in [0.2, 0.25) is 0 Å². The van der Waals surface area contributed by atoms with Crippen molar-refractivity contribution < 1.29 is 28.9 Å². The van der Waals surface area contributed by atoms with E-state index in [2.05, 4.69) is 20.5 Å². The van der Waals surface area contributed by atoms with E-state index in [1.54, 1.807) is 18.1 Å². The van der Waals surface area contributed by atoms with Gasteiger partial charge >= 0.3 is 6.09 Å². The monoisotopic (exact) mass is 650 g/mol. The number of aliphatic hydroxyl groups excluding tert-OH is 1. The molecule has 6 rings (SSSR count). The van der Waals surface area contributed by atoms with E-state index in [0.717, 1.165) is 49.9 Å². The Balaban J connectivity index is 1.16. The number of amides is 2. The lowest BCUT2D eigenvalue weighted by Crippen LogP contribution is -2.54. The third-order valence-corrected chi connectivity index (χ3v) is 9.95. The standard InChI is InChI=1S/C35H50N6O6/c1-34(2,3)47-33(44)41-21-24-15-26(46-22-45-4)10-9-23(24)16-28(41)29(42)20-36-31(43)27-17-30(37-25-18-35(19-25)11-8-12-35)39-32(38-27)40-13-6-5-7-14-40/h9-10,15,17,25,28-29,42H,5-8,11-14,16,18-22H2,1-4H3,(H,36,43)(H,37,38,39)/t28-,29+/m0/s1. The van der Waals surface area contributed by atoms with Gasteiger partial charge in [0.15, 0.2) is 6.79 Å². The second-order valence-corrected chi connectivity index (χ2v) is 14.7. The first kappa shape index (κ1) is 33.3. The number of carbonyl (C=O) groups excluding carboxylic acids is 2. The van der Waals surface area contributed by atoms with Crippen molar-refractivity contribution in [2.24, 2.45) is 5.41 Å². The van der Waals surface area contributed by atoms with E-state index in [0.29, 0.717) is 35.4 Å². The molecule has 3 heterocycles. The predicted molar refractivity (Wildman–Crippen MR) is 178 cm³/mol. The first-order valence-electron chi connectivity index (χ1n) is 17.1. The highest BCUT2D eigenvalue weighted by molar-refractivity contribution is 5.93.